The lowest BCUT2D eigenvalue weighted by Crippen LogP contribution is -2.08. The molecule has 0 atom stereocenters. The molecule has 0 unspecified atom stereocenters. The van der Waals surface area contributed by atoms with Gasteiger partial charge in [-0.1, -0.05) is 6.07 Å². The smallest absolute Gasteiger partial charge is 0.249 e. The van der Waals surface area contributed by atoms with E-state index in [1.807, 2.05) is 23.6 Å². The Morgan fingerprint density at radius 3 is 2.69 bits per heavy atom. The van der Waals surface area contributed by atoms with Gasteiger partial charge in [0.05, 0.1) is 5.56 Å². The number of carbonyl (C=O) groups is 1. The van der Waals surface area contributed by atoms with Gasteiger partial charge in [-0.05, 0) is 17.5 Å². The van der Waals surface area contributed by atoms with Crippen molar-refractivity contribution in [2.45, 2.75) is 0 Å². The second-order valence-electron chi connectivity index (χ2n) is 2.54. The monoisotopic (exact) mass is 209 g/mol. The number of rotatable bonds is 2. The van der Waals surface area contributed by atoms with E-state index in [2.05, 4.69) is 0 Å². The molecule has 0 bridgehead atoms. The van der Waals surface area contributed by atoms with Crippen LogP contribution in [0.5, 0.6) is 0 Å². The standard InChI is InChI=1S/C9H7NOS2/c10-9(11)6-4-8(13-5-6)7-2-1-3-12-7/h1-5H,(H2,10,11). The average molecular weight is 209 g/mol. The molecular formula is C9H7NOS2. The van der Waals surface area contributed by atoms with Crippen LogP contribution < -0.4 is 5.73 Å². The minimum absolute atomic E-state index is 0.362. The molecule has 66 valence electrons. The van der Waals surface area contributed by atoms with E-state index in [0.717, 1.165) is 4.88 Å². The lowest BCUT2D eigenvalue weighted by Gasteiger charge is -1.87. The van der Waals surface area contributed by atoms with Crippen LogP contribution in [0.15, 0.2) is 29.0 Å². The highest BCUT2D eigenvalue weighted by atomic mass is 32.1. The Kier molecular flexibility index (Phi) is 2.16. The molecular weight excluding hydrogens is 202 g/mol. The van der Waals surface area contributed by atoms with E-state index in [4.69, 9.17) is 5.73 Å². The van der Waals surface area contributed by atoms with Gasteiger partial charge in [-0.2, -0.15) is 0 Å². The quantitative estimate of drug-likeness (QED) is 0.811. The molecule has 13 heavy (non-hydrogen) atoms. The van der Waals surface area contributed by atoms with E-state index in [9.17, 15) is 4.79 Å². The molecule has 2 N–H and O–H groups in total. The van der Waals surface area contributed by atoms with Crippen LogP contribution in [0.4, 0.5) is 0 Å². The Labute approximate surface area is 83.6 Å². The van der Waals surface area contributed by atoms with Gasteiger partial charge in [-0.25, -0.2) is 0 Å². The average Bonchev–Trinajstić information content (AvgIpc) is 2.75. The number of nitrogens with two attached hydrogens (primary N) is 1. The van der Waals surface area contributed by atoms with Crippen LogP contribution in [0.1, 0.15) is 10.4 Å². The molecule has 2 aromatic heterocycles. The summed E-state index contributed by atoms with van der Waals surface area (Å²) >= 11 is 3.20. The maximum Gasteiger partial charge on any atom is 0.249 e. The van der Waals surface area contributed by atoms with Crippen molar-refractivity contribution in [3.63, 3.8) is 0 Å². The molecule has 0 aliphatic heterocycles. The van der Waals surface area contributed by atoms with Crippen molar-refractivity contribution in [3.05, 3.63) is 34.5 Å². The fourth-order valence-corrected chi connectivity index (χ4v) is 2.76. The van der Waals surface area contributed by atoms with Crippen LogP contribution >= 0.6 is 22.7 Å². The van der Waals surface area contributed by atoms with E-state index in [1.165, 1.54) is 4.88 Å². The summed E-state index contributed by atoms with van der Waals surface area (Å²) < 4.78 is 0. The molecule has 2 heterocycles. The third-order valence-corrected chi connectivity index (χ3v) is 3.64. The van der Waals surface area contributed by atoms with E-state index < -0.39 is 0 Å². The van der Waals surface area contributed by atoms with E-state index in [1.54, 1.807) is 28.1 Å². The number of primary amides is 1. The fourth-order valence-electron chi connectivity index (χ4n) is 1.01. The van der Waals surface area contributed by atoms with Gasteiger partial charge in [0, 0.05) is 15.1 Å². The summed E-state index contributed by atoms with van der Waals surface area (Å²) in [6.45, 7) is 0. The van der Waals surface area contributed by atoms with Crippen molar-refractivity contribution in [2.75, 3.05) is 0 Å². The maximum atomic E-state index is 10.8. The van der Waals surface area contributed by atoms with Crippen molar-refractivity contribution >= 4 is 28.6 Å². The zero-order chi connectivity index (χ0) is 9.26. The molecule has 2 aromatic rings. The highest BCUT2D eigenvalue weighted by Crippen LogP contribution is 2.30. The third-order valence-electron chi connectivity index (χ3n) is 1.65. The van der Waals surface area contributed by atoms with Crippen LogP contribution in [0.25, 0.3) is 9.75 Å². The van der Waals surface area contributed by atoms with Crippen LogP contribution in [-0.4, -0.2) is 5.91 Å². The van der Waals surface area contributed by atoms with Crippen molar-refractivity contribution in [2.24, 2.45) is 5.73 Å². The Balaban J connectivity index is 2.39. The number of carbonyl (C=O) groups excluding carboxylic acids is 1. The summed E-state index contributed by atoms with van der Waals surface area (Å²) in [4.78, 5) is 13.1. The number of hydrogen-bond donors (Lipinski definition) is 1. The molecule has 0 saturated carbocycles. The van der Waals surface area contributed by atoms with Gasteiger partial charge in [-0.15, -0.1) is 22.7 Å². The Hall–Kier alpha value is -1.13. The van der Waals surface area contributed by atoms with Gasteiger partial charge < -0.3 is 5.73 Å². The molecule has 0 aromatic carbocycles. The topological polar surface area (TPSA) is 43.1 Å². The Morgan fingerprint density at radius 2 is 2.15 bits per heavy atom. The zero-order valence-electron chi connectivity index (χ0n) is 6.69. The first kappa shape index (κ1) is 8.47. The predicted octanol–water partition coefficient (Wildman–Crippen LogP) is 2.58. The van der Waals surface area contributed by atoms with Crippen molar-refractivity contribution < 1.29 is 4.79 Å². The first-order valence-electron chi connectivity index (χ1n) is 3.69. The number of thiophene rings is 2. The molecule has 0 saturated heterocycles. The van der Waals surface area contributed by atoms with Gasteiger partial charge in [-0.3, -0.25) is 4.79 Å². The highest BCUT2D eigenvalue weighted by molar-refractivity contribution is 7.20. The SMILES string of the molecule is NC(=O)c1csc(-c2cccs2)c1. The molecule has 2 nitrogen and oxygen atoms in total. The first-order valence-corrected chi connectivity index (χ1v) is 5.45. The zero-order valence-corrected chi connectivity index (χ0v) is 8.32. The predicted molar refractivity (Wildman–Crippen MR) is 56.1 cm³/mol. The normalized spacial score (nSPS) is 10.2. The van der Waals surface area contributed by atoms with Crippen LogP contribution in [0.2, 0.25) is 0 Å². The largest absolute Gasteiger partial charge is 0.366 e. The van der Waals surface area contributed by atoms with Crippen LogP contribution in [0, 0.1) is 0 Å². The fraction of sp³-hybridized carbons (Fsp3) is 0. The second-order valence-corrected chi connectivity index (χ2v) is 4.40. The molecule has 0 fully saturated rings. The summed E-state index contributed by atoms with van der Waals surface area (Å²) in [7, 11) is 0. The Bertz CT molecular complexity index is 417. The van der Waals surface area contributed by atoms with Crippen molar-refractivity contribution in [3.8, 4) is 9.75 Å². The number of hydrogen-bond acceptors (Lipinski definition) is 3. The van der Waals surface area contributed by atoms with Crippen LogP contribution in [0.3, 0.4) is 0 Å². The summed E-state index contributed by atoms with van der Waals surface area (Å²) in [6.07, 6.45) is 0. The molecule has 4 heteroatoms. The van der Waals surface area contributed by atoms with E-state index >= 15 is 0 Å². The molecule has 0 spiro atoms. The third kappa shape index (κ3) is 1.64. The highest BCUT2D eigenvalue weighted by Gasteiger charge is 2.06. The second kappa shape index (κ2) is 3.32. The van der Waals surface area contributed by atoms with Gasteiger partial charge in [0.1, 0.15) is 0 Å². The van der Waals surface area contributed by atoms with Gasteiger partial charge in [0.15, 0.2) is 0 Å². The summed E-state index contributed by atoms with van der Waals surface area (Å²) in [5.41, 5.74) is 5.74. The molecule has 0 radical (unpaired) electrons. The molecule has 0 aliphatic carbocycles. The number of amides is 1. The Morgan fingerprint density at radius 1 is 1.31 bits per heavy atom. The molecule has 1 amide bonds. The van der Waals surface area contributed by atoms with Gasteiger partial charge >= 0.3 is 0 Å². The lowest BCUT2D eigenvalue weighted by molar-refractivity contribution is 0.100. The van der Waals surface area contributed by atoms with Gasteiger partial charge in [0.2, 0.25) is 5.91 Å². The summed E-state index contributed by atoms with van der Waals surface area (Å²) in [6, 6.07) is 5.85. The van der Waals surface area contributed by atoms with E-state index in [-0.39, 0.29) is 5.91 Å². The van der Waals surface area contributed by atoms with Crippen LogP contribution in [-0.2, 0) is 0 Å². The molecule has 2 rings (SSSR count). The lowest BCUT2D eigenvalue weighted by atomic mass is 10.3. The minimum atomic E-state index is -0.362. The van der Waals surface area contributed by atoms with Gasteiger partial charge in [0.25, 0.3) is 0 Å². The van der Waals surface area contributed by atoms with Crippen molar-refractivity contribution in [1.29, 1.82) is 0 Å². The van der Waals surface area contributed by atoms with E-state index in [0.29, 0.717) is 5.56 Å². The summed E-state index contributed by atoms with van der Waals surface area (Å²) in [5, 5.41) is 3.80. The molecule has 0 aliphatic rings. The van der Waals surface area contributed by atoms with Crippen molar-refractivity contribution in [1.82, 2.24) is 0 Å². The maximum absolute atomic E-state index is 10.8. The minimum Gasteiger partial charge on any atom is -0.366 e. The summed E-state index contributed by atoms with van der Waals surface area (Å²) in [5.74, 6) is -0.362. The first-order chi connectivity index (χ1) is 6.27.